The first-order valence-electron chi connectivity index (χ1n) is 7.96. The monoisotopic (exact) mass is 313 g/mol. The Morgan fingerprint density at radius 3 is 2.48 bits per heavy atom. The maximum atomic E-state index is 12.3. The van der Waals surface area contributed by atoms with Crippen LogP contribution in [0.15, 0.2) is 36.4 Å². The summed E-state index contributed by atoms with van der Waals surface area (Å²) in [6.45, 7) is 5.67. The Balaban J connectivity index is 1.49. The summed E-state index contributed by atoms with van der Waals surface area (Å²) < 4.78 is 1.81. The summed E-state index contributed by atoms with van der Waals surface area (Å²) in [4.78, 5) is 16.5. The molecule has 1 N–H and O–H groups in total. The first-order chi connectivity index (χ1) is 11.1. The second kappa shape index (κ2) is 6.73. The number of piperazine rings is 1. The molecule has 2 heterocycles. The van der Waals surface area contributed by atoms with Crippen molar-refractivity contribution in [3.05, 3.63) is 47.8 Å². The van der Waals surface area contributed by atoms with E-state index in [1.54, 1.807) is 0 Å². The molecule has 23 heavy (non-hydrogen) atoms. The van der Waals surface area contributed by atoms with E-state index in [0.717, 1.165) is 37.6 Å². The average molecular weight is 313 g/mol. The van der Waals surface area contributed by atoms with Crippen LogP contribution >= 0.6 is 0 Å². The number of aryl methyl sites for hydroxylation is 2. The van der Waals surface area contributed by atoms with Crippen LogP contribution in [0.3, 0.4) is 0 Å². The number of carbonyl (C=O) groups is 1. The fourth-order valence-corrected chi connectivity index (χ4v) is 2.91. The Hall–Kier alpha value is -2.50. The molecular formula is C17H23N5O. The summed E-state index contributed by atoms with van der Waals surface area (Å²) in [5.74, 6) is 0. The van der Waals surface area contributed by atoms with Gasteiger partial charge in [0.2, 0.25) is 0 Å². The lowest BCUT2D eigenvalue weighted by Gasteiger charge is -2.36. The third-order valence-corrected chi connectivity index (χ3v) is 4.21. The van der Waals surface area contributed by atoms with Crippen LogP contribution in [0.5, 0.6) is 0 Å². The zero-order valence-corrected chi connectivity index (χ0v) is 13.7. The van der Waals surface area contributed by atoms with Crippen LogP contribution in [0.2, 0.25) is 0 Å². The number of hydrogen-bond acceptors (Lipinski definition) is 3. The summed E-state index contributed by atoms with van der Waals surface area (Å²) in [5.41, 5.74) is 3.20. The standard InChI is InChI=1S/C17H23N5O/c1-14-12-16(20(2)19-14)13-18-17(23)22-10-8-21(9-11-22)15-6-4-3-5-7-15/h3-7,12H,8-11,13H2,1-2H3,(H,18,23). The molecule has 122 valence electrons. The number of anilines is 1. The Labute approximate surface area is 136 Å². The average Bonchev–Trinajstić information content (AvgIpc) is 2.91. The van der Waals surface area contributed by atoms with E-state index in [1.807, 2.05) is 47.8 Å². The maximum absolute atomic E-state index is 12.3. The molecule has 0 atom stereocenters. The Kier molecular flexibility index (Phi) is 4.50. The number of rotatable bonds is 3. The molecule has 0 aliphatic carbocycles. The maximum Gasteiger partial charge on any atom is 0.317 e. The van der Waals surface area contributed by atoms with Gasteiger partial charge in [0.1, 0.15) is 0 Å². The molecule has 1 saturated heterocycles. The number of amides is 2. The van der Waals surface area contributed by atoms with Gasteiger partial charge in [0.25, 0.3) is 0 Å². The molecule has 1 aliphatic rings. The van der Waals surface area contributed by atoms with E-state index in [1.165, 1.54) is 5.69 Å². The second-order valence-corrected chi connectivity index (χ2v) is 5.87. The highest BCUT2D eigenvalue weighted by atomic mass is 16.2. The van der Waals surface area contributed by atoms with E-state index in [-0.39, 0.29) is 6.03 Å². The number of aromatic nitrogens is 2. The van der Waals surface area contributed by atoms with Gasteiger partial charge in [0, 0.05) is 38.9 Å². The van der Waals surface area contributed by atoms with Crippen molar-refractivity contribution in [3.63, 3.8) is 0 Å². The van der Waals surface area contributed by atoms with Gasteiger partial charge in [-0.1, -0.05) is 18.2 Å². The van der Waals surface area contributed by atoms with Crippen molar-refractivity contribution in [2.24, 2.45) is 7.05 Å². The molecule has 0 radical (unpaired) electrons. The second-order valence-electron chi connectivity index (χ2n) is 5.87. The number of hydrogen-bond donors (Lipinski definition) is 1. The normalized spacial score (nSPS) is 14.9. The van der Waals surface area contributed by atoms with Crippen LogP contribution in [0.25, 0.3) is 0 Å². The molecule has 2 amide bonds. The number of para-hydroxylation sites is 1. The van der Waals surface area contributed by atoms with Crippen molar-refractivity contribution >= 4 is 11.7 Å². The first kappa shape index (κ1) is 15.4. The van der Waals surface area contributed by atoms with Gasteiger partial charge < -0.3 is 15.1 Å². The SMILES string of the molecule is Cc1cc(CNC(=O)N2CCN(c3ccccc3)CC2)n(C)n1. The predicted octanol–water partition coefficient (Wildman–Crippen LogP) is 1.76. The minimum absolute atomic E-state index is 0.00318. The predicted molar refractivity (Wildman–Crippen MR) is 90.4 cm³/mol. The molecule has 1 aliphatic heterocycles. The fourth-order valence-electron chi connectivity index (χ4n) is 2.91. The number of nitrogens with zero attached hydrogens (tertiary/aromatic N) is 4. The number of nitrogens with one attached hydrogen (secondary N) is 1. The van der Waals surface area contributed by atoms with E-state index in [0.29, 0.717) is 6.54 Å². The molecule has 3 rings (SSSR count). The Morgan fingerprint density at radius 1 is 1.17 bits per heavy atom. The number of carbonyl (C=O) groups excluding carboxylic acids is 1. The van der Waals surface area contributed by atoms with E-state index in [9.17, 15) is 4.79 Å². The van der Waals surface area contributed by atoms with Gasteiger partial charge in [-0.2, -0.15) is 5.10 Å². The third kappa shape index (κ3) is 3.64. The fraction of sp³-hybridized carbons (Fsp3) is 0.412. The van der Waals surface area contributed by atoms with Gasteiger partial charge in [0.15, 0.2) is 0 Å². The number of benzene rings is 1. The van der Waals surface area contributed by atoms with Crippen LogP contribution in [0.1, 0.15) is 11.4 Å². The van der Waals surface area contributed by atoms with E-state index in [4.69, 9.17) is 0 Å². The zero-order chi connectivity index (χ0) is 16.2. The Morgan fingerprint density at radius 2 is 1.87 bits per heavy atom. The topological polar surface area (TPSA) is 53.4 Å². The first-order valence-corrected chi connectivity index (χ1v) is 7.96. The van der Waals surface area contributed by atoms with Gasteiger partial charge in [0.05, 0.1) is 17.9 Å². The lowest BCUT2D eigenvalue weighted by Crippen LogP contribution is -2.51. The van der Waals surface area contributed by atoms with E-state index < -0.39 is 0 Å². The largest absolute Gasteiger partial charge is 0.368 e. The molecule has 0 saturated carbocycles. The van der Waals surface area contributed by atoms with Gasteiger partial charge in [-0.15, -0.1) is 0 Å². The van der Waals surface area contributed by atoms with Crippen molar-refractivity contribution in [2.75, 3.05) is 31.1 Å². The number of urea groups is 1. The van der Waals surface area contributed by atoms with Crippen molar-refractivity contribution in [3.8, 4) is 0 Å². The molecule has 1 aromatic carbocycles. The van der Waals surface area contributed by atoms with Gasteiger partial charge >= 0.3 is 6.03 Å². The molecule has 6 nitrogen and oxygen atoms in total. The van der Waals surface area contributed by atoms with Gasteiger partial charge in [-0.25, -0.2) is 4.79 Å². The lowest BCUT2D eigenvalue weighted by molar-refractivity contribution is 0.193. The van der Waals surface area contributed by atoms with Crippen molar-refractivity contribution < 1.29 is 4.79 Å². The highest BCUT2D eigenvalue weighted by molar-refractivity contribution is 5.74. The Bertz CT molecular complexity index is 659. The molecular weight excluding hydrogens is 290 g/mol. The minimum atomic E-state index is -0.00318. The molecule has 6 heteroatoms. The lowest BCUT2D eigenvalue weighted by atomic mass is 10.2. The minimum Gasteiger partial charge on any atom is -0.368 e. The van der Waals surface area contributed by atoms with Crippen molar-refractivity contribution in [2.45, 2.75) is 13.5 Å². The van der Waals surface area contributed by atoms with Crippen molar-refractivity contribution in [1.29, 1.82) is 0 Å². The quantitative estimate of drug-likeness (QED) is 0.939. The van der Waals surface area contributed by atoms with Crippen LogP contribution in [0.4, 0.5) is 10.5 Å². The molecule has 2 aromatic rings. The summed E-state index contributed by atoms with van der Waals surface area (Å²) in [6, 6.07) is 12.3. The van der Waals surface area contributed by atoms with Gasteiger partial charge in [-0.05, 0) is 25.1 Å². The van der Waals surface area contributed by atoms with E-state index in [2.05, 4.69) is 27.4 Å². The molecule has 0 unspecified atom stereocenters. The van der Waals surface area contributed by atoms with Crippen LogP contribution < -0.4 is 10.2 Å². The molecule has 1 aromatic heterocycles. The van der Waals surface area contributed by atoms with Gasteiger partial charge in [-0.3, -0.25) is 4.68 Å². The summed E-state index contributed by atoms with van der Waals surface area (Å²) in [5, 5.41) is 7.28. The van der Waals surface area contributed by atoms with E-state index >= 15 is 0 Å². The highest BCUT2D eigenvalue weighted by Gasteiger charge is 2.21. The molecule has 0 spiro atoms. The molecule has 0 bridgehead atoms. The van der Waals surface area contributed by atoms with Crippen molar-refractivity contribution in [1.82, 2.24) is 20.0 Å². The third-order valence-electron chi connectivity index (χ3n) is 4.21. The molecule has 1 fully saturated rings. The van der Waals surface area contributed by atoms with Crippen LogP contribution in [-0.2, 0) is 13.6 Å². The summed E-state index contributed by atoms with van der Waals surface area (Å²) in [6.07, 6.45) is 0. The smallest absolute Gasteiger partial charge is 0.317 e. The van der Waals surface area contributed by atoms with Crippen LogP contribution in [0, 0.1) is 6.92 Å². The summed E-state index contributed by atoms with van der Waals surface area (Å²) in [7, 11) is 1.90. The zero-order valence-electron chi connectivity index (χ0n) is 13.7. The highest BCUT2D eigenvalue weighted by Crippen LogP contribution is 2.15. The summed E-state index contributed by atoms with van der Waals surface area (Å²) >= 11 is 0. The van der Waals surface area contributed by atoms with Crippen LogP contribution in [-0.4, -0.2) is 46.9 Å².